The van der Waals surface area contributed by atoms with Crippen molar-refractivity contribution in [2.45, 2.75) is 38.1 Å². The summed E-state index contributed by atoms with van der Waals surface area (Å²) in [4.78, 5) is 2.56. The smallest absolute Gasteiger partial charge is 0.164 e. The van der Waals surface area contributed by atoms with E-state index >= 15 is 0 Å². The lowest BCUT2D eigenvalue weighted by atomic mass is 9.81. The molecule has 2 heterocycles. The number of fused-ring (bicyclic) bond motifs is 3. The van der Waals surface area contributed by atoms with E-state index in [4.69, 9.17) is 4.74 Å². The van der Waals surface area contributed by atoms with Crippen LogP contribution >= 0.6 is 12.4 Å². The highest BCUT2D eigenvalue weighted by Crippen LogP contribution is 2.44. The number of hydrogen-bond donors (Lipinski definition) is 1. The van der Waals surface area contributed by atoms with Crippen molar-refractivity contribution in [3.8, 4) is 11.5 Å². The summed E-state index contributed by atoms with van der Waals surface area (Å²) in [5, 5.41) is 9.88. The number of benzene rings is 1. The highest BCUT2D eigenvalue weighted by molar-refractivity contribution is 5.85. The normalized spacial score (nSPS) is 25.7. The number of aromatic hydroxyl groups is 1. The van der Waals surface area contributed by atoms with Crippen LogP contribution in [0.4, 0.5) is 0 Å². The molecule has 0 spiro atoms. The van der Waals surface area contributed by atoms with Crippen molar-refractivity contribution in [2.75, 3.05) is 19.7 Å². The molecule has 0 aromatic heterocycles. The summed E-state index contributed by atoms with van der Waals surface area (Å²) >= 11 is 0. The molecule has 1 N–H and O–H groups in total. The summed E-state index contributed by atoms with van der Waals surface area (Å²) in [6, 6.07) is 6.25. The molecule has 2 aliphatic heterocycles. The molecule has 0 saturated carbocycles. The molecular formula is C15H22ClNO2. The number of halogens is 1. The third-order valence-electron chi connectivity index (χ3n) is 4.23. The molecule has 0 bridgehead atoms. The van der Waals surface area contributed by atoms with Gasteiger partial charge in [0, 0.05) is 11.5 Å². The lowest BCUT2D eigenvalue weighted by Crippen LogP contribution is -2.49. The molecule has 1 saturated heterocycles. The van der Waals surface area contributed by atoms with Crippen molar-refractivity contribution in [1.29, 1.82) is 0 Å². The van der Waals surface area contributed by atoms with Gasteiger partial charge in [-0.15, -0.1) is 12.4 Å². The molecule has 19 heavy (non-hydrogen) atoms. The Balaban J connectivity index is 0.00000133. The summed E-state index contributed by atoms with van der Waals surface area (Å²) in [5.41, 5.74) is 1.20. The Hall–Kier alpha value is -0.930. The van der Waals surface area contributed by atoms with Gasteiger partial charge in [-0.25, -0.2) is 0 Å². The van der Waals surface area contributed by atoms with E-state index in [-0.39, 0.29) is 12.4 Å². The van der Waals surface area contributed by atoms with E-state index in [1.807, 2.05) is 6.07 Å². The molecule has 3 nitrogen and oxygen atoms in total. The molecular weight excluding hydrogens is 262 g/mol. The van der Waals surface area contributed by atoms with Crippen LogP contribution in [0.3, 0.4) is 0 Å². The number of likely N-dealkylation sites (tertiary alicyclic amines) is 1. The van der Waals surface area contributed by atoms with Crippen molar-refractivity contribution >= 4 is 12.4 Å². The van der Waals surface area contributed by atoms with Crippen LogP contribution in [0.2, 0.25) is 0 Å². The van der Waals surface area contributed by atoms with E-state index in [0.717, 1.165) is 18.9 Å². The summed E-state index contributed by atoms with van der Waals surface area (Å²) in [6.45, 7) is 5.29. The number of rotatable bonds is 2. The average Bonchev–Trinajstić information content (AvgIpc) is 2.40. The SMILES string of the molecule is CCCN1CCC[C@@H]2c3cccc(O)c3OC[C@@H]21.Cl. The van der Waals surface area contributed by atoms with E-state index in [2.05, 4.69) is 17.9 Å². The molecule has 4 heteroatoms. The Kier molecular flexibility index (Phi) is 4.58. The molecule has 1 aromatic rings. The Bertz CT molecular complexity index is 436. The topological polar surface area (TPSA) is 32.7 Å². The van der Waals surface area contributed by atoms with Gasteiger partial charge in [0.05, 0.1) is 6.04 Å². The van der Waals surface area contributed by atoms with E-state index in [1.165, 1.54) is 31.4 Å². The van der Waals surface area contributed by atoms with Gasteiger partial charge in [0.25, 0.3) is 0 Å². The van der Waals surface area contributed by atoms with Gasteiger partial charge in [-0.3, -0.25) is 4.90 Å². The maximum Gasteiger partial charge on any atom is 0.164 e. The van der Waals surface area contributed by atoms with Crippen molar-refractivity contribution in [1.82, 2.24) is 4.90 Å². The molecule has 2 aliphatic rings. The van der Waals surface area contributed by atoms with Crippen LogP contribution in [0, 0.1) is 0 Å². The van der Waals surface area contributed by atoms with Gasteiger partial charge in [0.1, 0.15) is 6.61 Å². The summed E-state index contributed by atoms with van der Waals surface area (Å²) in [7, 11) is 0. The van der Waals surface area contributed by atoms with Gasteiger partial charge in [0.2, 0.25) is 0 Å². The molecule has 3 rings (SSSR count). The molecule has 2 atom stereocenters. The number of nitrogens with zero attached hydrogens (tertiary/aromatic N) is 1. The van der Waals surface area contributed by atoms with Crippen molar-refractivity contribution in [3.63, 3.8) is 0 Å². The fourth-order valence-electron chi connectivity index (χ4n) is 3.44. The maximum absolute atomic E-state index is 9.88. The monoisotopic (exact) mass is 283 g/mol. The highest BCUT2D eigenvalue weighted by atomic mass is 35.5. The largest absolute Gasteiger partial charge is 0.504 e. The Morgan fingerprint density at radius 2 is 2.26 bits per heavy atom. The minimum Gasteiger partial charge on any atom is -0.504 e. The molecule has 0 amide bonds. The van der Waals surface area contributed by atoms with Crippen LogP contribution in [0.15, 0.2) is 18.2 Å². The Morgan fingerprint density at radius 1 is 1.42 bits per heavy atom. The molecule has 1 fully saturated rings. The Labute approximate surface area is 121 Å². The average molecular weight is 284 g/mol. The van der Waals surface area contributed by atoms with Crippen LogP contribution in [0.5, 0.6) is 11.5 Å². The van der Waals surface area contributed by atoms with Gasteiger partial charge < -0.3 is 9.84 Å². The van der Waals surface area contributed by atoms with Crippen LogP contribution in [0.25, 0.3) is 0 Å². The van der Waals surface area contributed by atoms with Crippen LogP contribution in [-0.2, 0) is 0 Å². The first-order valence-corrected chi connectivity index (χ1v) is 7.00. The highest BCUT2D eigenvalue weighted by Gasteiger charge is 2.37. The molecule has 106 valence electrons. The number of phenolic OH excluding ortho intramolecular Hbond substituents is 1. The van der Waals surface area contributed by atoms with E-state index in [0.29, 0.717) is 17.7 Å². The lowest BCUT2D eigenvalue weighted by molar-refractivity contribution is 0.0643. The van der Waals surface area contributed by atoms with Crippen LogP contribution < -0.4 is 4.74 Å². The maximum atomic E-state index is 9.88. The quantitative estimate of drug-likeness (QED) is 0.905. The second-order valence-electron chi connectivity index (χ2n) is 5.36. The molecule has 0 radical (unpaired) electrons. The number of ether oxygens (including phenoxy) is 1. The number of phenols is 1. The van der Waals surface area contributed by atoms with E-state index < -0.39 is 0 Å². The standard InChI is InChI=1S/C15H21NO2.ClH/c1-2-8-16-9-4-6-11-12-5-3-7-14(17)15(12)18-10-13(11)16;/h3,5,7,11,13,17H,2,4,6,8-10H2,1H3;1H/t11-,13+;/m1./s1. The Morgan fingerprint density at radius 3 is 3.05 bits per heavy atom. The first-order valence-electron chi connectivity index (χ1n) is 7.00. The molecule has 0 unspecified atom stereocenters. The first-order chi connectivity index (χ1) is 8.81. The van der Waals surface area contributed by atoms with Crippen molar-refractivity contribution in [3.05, 3.63) is 23.8 Å². The van der Waals surface area contributed by atoms with E-state index in [9.17, 15) is 5.11 Å². The lowest BCUT2D eigenvalue weighted by Gasteiger charge is -2.44. The van der Waals surface area contributed by atoms with Gasteiger partial charge in [-0.2, -0.15) is 0 Å². The zero-order valence-electron chi connectivity index (χ0n) is 11.3. The van der Waals surface area contributed by atoms with E-state index in [1.54, 1.807) is 6.07 Å². The minimum absolute atomic E-state index is 0. The number of piperidine rings is 1. The zero-order valence-corrected chi connectivity index (χ0v) is 12.2. The fourth-order valence-corrected chi connectivity index (χ4v) is 3.44. The van der Waals surface area contributed by atoms with Gasteiger partial charge in [-0.05, 0) is 38.4 Å². The zero-order chi connectivity index (χ0) is 12.5. The summed E-state index contributed by atoms with van der Waals surface area (Å²) in [5.74, 6) is 1.54. The van der Waals surface area contributed by atoms with Crippen LogP contribution in [-0.4, -0.2) is 35.7 Å². The third-order valence-corrected chi connectivity index (χ3v) is 4.23. The number of hydrogen-bond acceptors (Lipinski definition) is 3. The van der Waals surface area contributed by atoms with Gasteiger partial charge >= 0.3 is 0 Å². The van der Waals surface area contributed by atoms with Crippen molar-refractivity contribution < 1.29 is 9.84 Å². The van der Waals surface area contributed by atoms with Gasteiger partial charge in [0.15, 0.2) is 11.5 Å². The van der Waals surface area contributed by atoms with Gasteiger partial charge in [-0.1, -0.05) is 19.1 Å². The second kappa shape index (κ2) is 6.02. The predicted molar refractivity (Wildman–Crippen MR) is 78.5 cm³/mol. The minimum atomic E-state index is 0. The predicted octanol–water partition coefficient (Wildman–Crippen LogP) is 3.16. The molecule has 1 aromatic carbocycles. The molecule has 0 aliphatic carbocycles. The summed E-state index contributed by atoms with van der Waals surface area (Å²) in [6.07, 6.45) is 3.65. The third kappa shape index (κ3) is 2.54. The number of para-hydroxylation sites is 1. The summed E-state index contributed by atoms with van der Waals surface area (Å²) < 4.78 is 5.81. The fraction of sp³-hybridized carbons (Fsp3) is 0.600. The van der Waals surface area contributed by atoms with Crippen LogP contribution in [0.1, 0.15) is 37.7 Å². The second-order valence-corrected chi connectivity index (χ2v) is 5.36. The first kappa shape index (κ1) is 14.5. The van der Waals surface area contributed by atoms with Crippen molar-refractivity contribution in [2.24, 2.45) is 0 Å².